The number of ether oxygens (including phenoxy) is 1. The first-order valence-electron chi connectivity index (χ1n) is 7.43. The largest absolute Gasteiger partial charge is 0.381 e. The number of nitrogens with two attached hydrogens (primary N) is 1. The second-order valence-electron chi connectivity index (χ2n) is 5.76. The Morgan fingerprint density at radius 2 is 2.25 bits per heavy atom. The van der Waals surface area contributed by atoms with Crippen LogP contribution >= 0.6 is 15.9 Å². The summed E-state index contributed by atoms with van der Waals surface area (Å²) in [6.07, 6.45) is 3.47. The zero-order chi connectivity index (χ0) is 14.4. The Morgan fingerprint density at radius 3 is 2.95 bits per heavy atom. The molecular formula is C16H25BrN2O. The fraction of sp³-hybridized carbons (Fsp3) is 0.625. The number of halogens is 1. The minimum Gasteiger partial charge on any atom is -0.381 e. The van der Waals surface area contributed by atoms with Crippen LogP contribution < -0.4 is 5.73 Å². The van der Waals surface area contributed by atoms with E-state index in [0.29, 0.717) is 5.92 Å². The van der Waals surface area contributed by atoms with Crippen LogP contribution in [-0.2, 0) is 4.74 Å². The highest BCUT2D eigenvalue weighted by Gasteiger charge is 2.16. The molecule has 2 unspecified atom stereocenters. The quantitative estimate of drug-likeness (QED) is 0.864. The van der Waals surface area contributed by atoms with E-state index >= 15 is 0 Å². The molecule has 1 heterocycles. The maximum Gasteiger partial charge on any atom is 0.0506 e. The van der Waals surface area contributed by atoms with E-state index in [0.717, 1.165) is 37.2 Å². The van der Waals surface area contributed by atoms with Gasteiger partial charge in [0.25, 0.3) is 0 Å². The molecule has 0 spiro atoms. The molecule has 1 aliphatic rings. The molecule has 112 valence electrons. The van der Waals surface area contributed by atoms with Crippen LogP contribution in [0.15, 0.2) is 28.7 Å². The lowest BCUT2D eigenvalue weighted by Gasteiger charge is -2.27. The lowest BCUT2D eigenvalue weighted by atomic mass is 10.0. The zero-order valence-corrected chi connectivity index (χ0v) is 13.8. The van der Waals surface area contributed by atoms with Crippen molar-refractivity contribution in [3.8, 4) is 0 Å². The van der Waals surface area contributed by atoms with E-state index in [4.69, 9.17) is 10.5 Å². The molecule has 1 fully saturated rings. The Morgan fingerprint density at radius 1 is 1.45 bits per heavy atom. The first kappa shape index (κ1) is 16.0. The molecular weight excluding hydrogens is 316 g/mol. The van der Waals surface area contributed by atoms with Gasteiger partial charge in [-0.3, -0.25) is 0 Å². The van der Waals surface area contributed by atoms with Crippen molar-refractivity contribution >= 4 is 15.9 Å². The van der Waals surface area contributed by atoms with Gasteiger partial charge in [0.15, 0.2) is 0 Å². The third kappa shape index (κ3) is 4.85. The van der Waals surface area contributed by atoms with Gasteiger partial charge in [-0.05, 0) is 50.4 Å². The van der Waals surface area contributed by atoms with Gasteiger partial charge in [0.05, 0.1) is 6.61 Å². The molecule has 2 rings (SSSR count). The molecule has 1 aliphatic heterocycles. The smallest absolute Gasteiger partial charge is 0.0506 e. The summed E-state index contributed by atoms with van der Waals surface area (Å²) >= 11 is 3.57. The highest BCUT2D eigenvalue weighted by molar-refractivity contribution is 9.10. The second-order valence-corrected chi connectivity index (χ2v) is 6.62. The van der Waals surface area contributed by atoms with Gasteiger partial charge >= 0.3 is 0 Å². The molecule has 4 heteroatoms. The van der Waals surface area contributed by atoms with Crippen LogP contribution in [0.3, 0.4) is 0 Å². The fourth-order valence-corrected chi connectivity index (χ4v) is 3.35. The minimum atomic E-state index is 0.0932. The van der Waals surface area contributed by atoms with Crippen molar-refractivity contribution in [2.45, 2.75) is 25.3 Å². The highest BCUT2D eigenvalue weighted by Crippen LogP contribution is 2.24. The van der Waals surface area contributed by atoms with Gasteiger partial charge in [0.2, 0.25) is 0 Å². The molecule has 1 aromatic carbocycles. The summed E-state index contributed by atoms with van der Waals surface area (Å²) in [5.74, 6) is 0.688. The van der Waals surface area contributed by atoms with E-state index in [1.54, 1.807) is 0 Å². The first-order chi connectivity index (χ1) is 9.66. The Kier molecular flexibility index (Phi) is 6.49. The number of hydrogen-bond acceptors (Lipinski definition) is 3. The summed E-state index contributed by atoms with van der Waals surface area (Å²) in [6, 6.07) is 8.32. The monoisotopic (exact) mass is 340 g/mol. The average molecular weight is 341 g/mol. The topological polar surface area (TPSA) is 38.5 Å². The van der Waals surface area contributed by atoms with E-state index in [9.17, 15) is 0 Å². The second kappa shape index (κ2) is 8.13. The minimum absolute atomic E-state index is 0.0932. The van der Waals surface area contributed by atoms with Crippen LogP contribution in [0, 0.1) is 5.92 Å². The molecule has 0 aliphatic carbocycles. The number of nitrogens with zero attached hydrogens (tertiary/aromatic N) is 1. The van der Waals surface area contributed by atoms with Crippen LogP contribution in [-0.4, -0.2) is 38.3 Å². The third-order valence-electron chi connectivity index (χ3n) is 3.95. The maximum absolute atomic E-state index is 6.30. The Balaban J connectivity index is 1.75. The Labute approximate surface area is 130 Å². The van der Waals surface area contributed by atoms with E-state index in [1.807, 2.05) is 12.1 Å². The van der Waals surface area contributed by atoms with Crippen molar-refractivity contribution in [3.05, 3.63) is 34.3 Å². The average Bonchev–Trinajstić information content (AvgIpc) is 2.46. The molecule has 1 saturated heterocycles. The lowest BCUT2D eigenvalue weighted by molar-refractivity contribution is 0.0417. The molecule has 0 bridgehead atoms. The zero-order valence-electron chi connectivity index (χ0n) is 12.2. The standard InChI is InChI=1S/C16H25BrN2O/c1-19(11-13-5-4-10-20-12-13)9-8-16(18)14-6-2-3-7-15(14)17/h2-3,6-7,13,16H,4-5,8-12,18H2,1H3. The van der Waals surface area contributed by atoms with Crippen molar-refractivity contribution in [1.29, 1.82) is 0 Å². The van der Waals surface area contributed by atoms with Gasteiger partial charge in [-0.2, -0.15) is 0 Å². The molecule has 0 saturated carbocycles. The number of hydrogen-bond donors (Lipinski definition) is 1. The summed E-state index contributed by atoms with van der Waals surface area (Å²) in [5.41, 5.74) is 7.49. The van der Waals surface area contributed by atoms with E-state index in [1.165, 1.54) is 18.4 Å². The van der Waals surface area contributed by atoms with Crippen molar-refractivity contribution in [1.82, 2.24) is 4.90 Å². The number of benzene rings is 1. The predicted octanol–water partition coefficient (Wildman–Crippen LogP) is 3.20. The van der Waals surface area contributed by atoms with Gasteiger partial charge in [-0.1, -0.05) is 34.1 Å². The van der Waals surface area contributed by atoms with Crippen LogP contribution in [0.2, 0.25) is 0 Å². The van der Waals surface area contributed by atoms with Crippen molar-refractivity contribution < 1.29 is 4.74 Å². The molecule has 2 atom stereocenters. The van der Waals surface area contributed by atoms with E-state index in [-0.39, 0.29) is 6.04 Å². The molecule has 0 aromatic heterocycles. The first-order valence-corrected chi connectivity index (χ1v) is 8.22. The van der Waals surface area contributed by atoms with Gasteiger partial charge in [-0.25, -0.2) is 0 Å². The number of rotatable bonds is 6. The maximum atomic E-state index is 6.30. The van der Waals surface area contributed by atoms with Gasteiger partial charge < -0.3 is 15.4 Å². The lowest BCUT2D eigenvalue weighted by Crippen LogP contribution is -2.32. The fourth-order valence-electron chi connectivity index (χ4n) is 2.77. The molecule has 0 radical (unpaired) electrons. The molecule has 1 aromatic rings. The summed E-state index contributed by atoms with van der Waals surface area (Å²) in [4.78, 5) is 2.38. The van der Waals surface area contributed by atoms with Crippen molar-refractivity contribution in [3.63, 3.8) is 0 Å². The van der Waals surface area contributed by atoms with Crippen molar-refractivity contribution in [2.75, 3.05) is 33.4 Å². The Hall–Kier alpha value is -0.420. The van der Waals surface area contributed by atoms with Gasteiger partial charge in [0, 0.05) is 23.7 Å². The van der Waals surface area contributed by atoms with Crippen molar-refractivity contribution in [2.24, 2.45) is 11.7 Å². The van der Waals surface area contributed by atoms with E-state index < -0.39 is 0 Å². The summed E-state index contributed by atoms with van der Waals surface area (Å²) in [7, 11) is 2.18. The molecule has 20 heavy (non-hydrogen) atoms. The molecule has 0 amide bonds. The van der Waals surface area contributed by atoms with Crippen LogP contribution in [0.4, 0.5) is 0 Å². The Bertz CT molecular complexity index is 407. The van der Waals surface area contributed by atoms with Gasteiger partial charge in [0.1, 0.15) is 0 Å². The summed E-state index contributed by atoms with van der Waals surface area (Å²) < 4.78 is 6.64. The van der Waals surface area contributed by atoms with Crippen LogP contribution in [0.25, 0.3) is 0 Å². The normalized spacial score (nSPS) is 21.1. The summed E-state index contributed by atoms with van der Waals surface area (Å²) in [6.45, 7) is 4.00. The predicted molar refractivity (Wildman–Crippen MR) is 86.7 cm³/mol. The highest BCUT2D eigenvalue weighted by atomic mass is 79.9. The van der Waals surface area contributed by atoms with E-state index in [2.05, 4.69) is 40.0 Å². The molecule has 3 nitrogen and oxygen atoms in total. The molecule has 2 N–H and O–H groups in total. The third-order valence-corrected chi connectivity index (χ3v) is 4.67. The van der Waals surface area contributed by atoms with Gasteiger partial charge in [-0.15, -0.1) is 0 Å². The van der Waals surface area contributed by atoms with Crippen LogP contribution in [0.1, 0.15) is 30.9 Å². The van der Waals surface area contributed by atoms with Crippen LogP contribution in [0.5, 0.6) is 0 Å². The summed E-state index contributed by atoms with van der Waals surface area (Å²) in [5, 5.41) is 0. The SMILES string of the molecule is CN(CCC(N)c1ccccc1Br)CC1CCCOC1.